The monoisotopic (exact) mass is 257 g/mol. The third-order valence-corrected chi connectivity index (χ3v) is 3.75. The summed E-state index contributed by atoms with van der Waals surface area (Å²) < 4.78 is 0. The normalized spacial score (nSPS) is 11.0. The van der Waals surface area contributed by atoms with E-state index in [0.717, 1.165) is 16.1 Å². The zero-order valence-corrected chi connectivity index (χ0v) is 10.8. The van der Waals surface area contributed by atoms with Crippen LogP contribution in [-0.2, 0) is 0 Å². The first-order chi connectivity index (χ1) is 8.65. The van der Waals surface area contributed by atoms with E-state index in [1.54, 1.807) is 6.92 Å². The molecule has 0 radical (unpaired) electrons. The lowest BCUT2D eigenvalue weighted by atomic mass is 10.1. The number of hydrogen-bond acceptors (Lipinski definition) is 4. The molecular weight excluding hydrogens is 246 g/mol. The fraction of sp³-hybridized carbons (Fsp3) is 0.154. The molecule has 0 bridgehead atoms. The SMILES string of the molecule is Cc1nc2sc(-c3ccccc3C)nc2c(=O)[nH]1. The van der Waals surface area contributed by atoms with Crippen molar-refractivity contribution in [1.82, 2.24) is 15.0 Å². The Morgan fingerprint density at radius 2 is 1.94 bits per heavy atom. The van der Waals surface area contributed by atoms with Gasteiger partial charge in [0.1, 0.15) is 10.8 Å². The number of H-pyrrole nitrogens is 1. The second kappa shape index (κ2) is 4.03. The second-order valence-corrected chi connectivity index (χ2v) is 5.12. The summed E-state index contributed by atoms with van der Waals surface area (Å²) in [4.78, 5) is 23.8. The van der Waals surface area contributed by atoms with Crippen LogP contribution < -0.4 is 5.56 Å². The van der Waals surface area contributed by atoms with Crippen molar-refractivity contribution in [2.45, 2.75) is 13.8 Å². The number of aryl methyl sites for hydroxylation is 2. The Morgan fingerprint density at radius 1 is 1.17 bits per heavy atom. The van der Waals surface area contributed by atoms with Crippen LogP contribution in [0.25, 0.3) is 20.9 Å². The number of thiazole rings is 1. The highest BCUT2D eigenvalue weighted by Gasteiger charge is 2.11. The van der Waals surface area contributed by atoms with Gasteiger partial charge in [-0.1, -0.05) is 35.6 Å². The molecule has 90 valence electrons. The van der Waals surface area contributed by atoms with Crippen molar-refractivity contribution in [1.29, 1.82) is 0 Å². The molecule has 0 aliphatic rings. The standard InChI is InChI=1S/C13H11N3OS/c1-7-5-3-4-6-9(7)12-16-10-11(17)14-8(2)15-13(10)18-12/h3-6H,1-2H3,(H,14,15,17). The van der Waals surface area contributed by atoms with Crippen LogP contribution in [0.3, 0.4) is 0 Å². The maximum atomic E-state index is 11.8. The van der Waals surface area contributed by atoms with Crippen molar-refractivity contribution in [3.8, 4) is 10.6 Å². The van der Waals surface area contributed by atoms with Gasteiger partial charge in [-0.25, -0.2) is 9.97 Å². The minimum atomic E-state index is -0.173. The average Bonchev–Trinajstić information content (AvgIpc) is 2.73. The Morgan fingerprint density at radius 3 is 2.72 bits per heavy atom. The third kappa shape index (κ3) is 1.73. The lowest BCUT2D eigenvalue weighted by molar-refractivity contribution is 1.06. The lowest BCUT2D eigenvalue weighted by Gasteiger charge is -1.99. The van der Waals surface area contributed by atoms with E-state index in [9.17, 15) is 4.79 Å². The van der Waals surface area contributed by atoms with E-state index in [1.165, 1.54) is 11.3 Å². The summed E-state index contributed by atoms with van der Waals surface area (Å²) in [7, 11) is 0. The van der Waals surface area contributed by atoms with E-state index in [2.05, 4.69) is 15.0 Å². The van der Waals surface area contributed by atoms with Gasteiger partial charge in [-0.2, -0.15) is 0 Å². The van der Waals surface area contributed by atoms with Crippen LogP contribution in [0.15, 0.2) is 29.1 Å². The van der Waals surface area contributed by atoms with E-state index in [0.29, 0.717) is 16.2 Å². The summed E-state index contributed by atoms with van der Waals surface area (Å²) >= 11 is 1.45. The van der Waals surface area contributed by atoms with E-state index in [4.69, 9.17) is 0 Å². The van der Waals surface area contributed by atoms with E-state index >= 15 is 0 Å². The maximum absolute atomic E-state index is 11.8. The number of hydrogen-bond donors (Lipinski definition) is 1. The highest BCUT2D eigenvalue weighted by molar-refractivity contribution is 7.21. The highest BCUT2D eigenvalue weighted by Crippen LogP contribution is 2.29. The van der Waals surface area contributed by atoms with Crippen molar-refractivity contribution in [2.75, 3.05) is 0 Å². The fourth-order valence-corrected chi connectivity index (χ4v) is 2.94. The molecule has 2 aromatic heterocycles. The molecule has 5 heteroatoms. The summed E-state index contributed by atoms with van der Waals surface area (Å²) in [5, 5.41) is 0.840. The number of nitrogens with zero attached hydrogens (tertiary/aromatic N) is 2. The molecule has 0 atom stereocenters. The Kier molecular flexibility index (Phi) is 2.48. The molecule has 1 N–H and O–H groups in total. The number of aromatic nitrogens is 3. The Labute approximate surface area is 107 Å². The van der Waals surface area contributed by atoms with Crippen molar-refractivity contribution in [2.24, 2.45) is 0 Å². The minimum absolute atomic E-state index is 0.173. The summed E-state index contributed by atoms with van der Waals surface area (Å²) in [6, 6.07) is 8.00. The molecule has 3 aromatic rings. The summed E-state index contributed by atoms with van der Waals surface area (Å²) in [6.07, 6.45) is 0. The van der Waals surface area contributed by atoms with Crippen molar-refractivity contribution >= 4 is 21.7 Å². The van der Waals surface area contributed by atoms with Gasteiger partial charge in [0.15, 0.2) is 10.3 Å². The first kappa shape index (κ1) is 11.1. The zero-order valence-electron chi connectivity index (χ0n) is 10.0. The largest absolute Gasteiger partial charge is 0.309 e. The van der Waals surface area contributed by atoms with Crippen molar-refractivity contribution in [3.05, 3.63) is 46.0 Å². The predicted molar refractivity (Wildman–Crippen MR) is 72.9 cm³/mol. The van der Waals surface area contributed by atoms with Gasteiger partial charge < -0.3 is 4.98 Å². The number of benzene rings is 1. The van der Waals surface area contributed by atoms with Gasteiger partial charge in [0.2, 0.25) is 0 Å². The second-order valence-electron chi connectivity index (χ2n) is 4.14. The van der Waals surface area contributed by atoms with Crippen LogP contribution in [0.1, 0.15) is 11.4 Å². The Bertz CT molecular complexity index is 788. The smallest absolute Gasteiger partial charge is 0.278 e. The number of aromatic amines is 1. The molecule has 0 fully saturated rings. The molecule has 18 heavy (non-hydrogen) atoms. The molecule has 0 amide bonds. The van der Waals surface area contributed by atoms with Crippen LogP contribution in [0.2, 0.25) is 0 Å². The van der Waals surface area contributed by atoms with Gasteiger partial charge in [-0.05, 0) is 19.4 Å². The Balaban J connectivity index is 2.30. The molecule has 0 saturated heterocycles. The molecule has 0 aliphatic carbocycles. The quantitative estimate of drug-likeness (QED) is 0.729. The molecule has 0 spiro atoms. The average molecular weight is 257 g/mol. The number of fused-ring (bicyclic) bond motifs is 1. The molecule has 0 unspecified atom stereocenters. The zero-order chi connectivity index (χ0) is 12.7. The number of nitrogens with one attached hydrogen (secondary N) is 1. The van der Waals surface area contributed by atoms with Crippen LogP contribution in [-0.4, -0.2) is 15.0 Å². The van der Waals surface area contributed by atoms with E-state index < -0.39 is 0 Å². The highest BCUT2D eigenvalue weighted by atomic mass is 32.1. The van der Waals surface area contributed by atoms with Crippen LogP contribution >= 0.6 is 11.3 Å². The minimum Gasteiger partial charge on any atom is -0.309 e. The lowest BCUT2D eigenvalue weighted by Crippen LogP contribution is -2.08. The summed E-state index contributed by atoms with van der Waals surface area (Å²) in [5.74, 6) is 0.618. The topological polar surface area (TPSA) is 58.6 Å². The van der Waals surface area contributed by atoms with Gasteiger partial charge >= 0.3 is 0 Å². The van der Waals surface area contributed by atoms with Crippen molar-refractivity contribution in [3.63, 3.8) is 0 Å². The van der Waals surface area contributed by atoms with Gasteiger partial charge in [0.05, 0.1) is 0 Å². The summed E-state index contributed by atoms with van der Waals surface area (Å²) in [6.45, 7) is 3.80. The molecule has 3 rings (SSSR count). The number of rotatable bonds is 1. The molecule has 2 heterocycles. The van der Waals surface area contributed by atoms with Crippen molar-refractivity contribution < 1.29 is 0 Å². The van der Waals surface area contributed by atoms with E-state index in [-0.39, 0.29) is 5.56 Å². The molecule has 1 aromatic carbocycles. The van der Waals surface area contributed by atoms with E-state index in [1.807, 2.05) is 31.2 Å². The van der Waals surface area contributed by atoms with Crippen LogP contribution in [0, 0.1) is 13.8 Å². The maximum Gasteiger partial charge on any atom is 0.278 e. The van der Waals surface area contributed by atoms with Gasteiger partial charge in [0, 0.05) is 5.56 Å². The predicted octanol–water partition coefficient (Wildman–Crippen LogP) is 2.66. The summed E-state index contributed by atoms with van der Waals surface area (Å²) in [5.41, 5.74) is 2.44. The first-order valence-electron chi connectivity index (χ1n) is 5.58. The van der Waals surface area contributed by atoms with Gasteiger partial charge in [-0.15, -0.1) is 0 Å². The van der Waals surface area contributed by atoms with Crippen LogP contribution in [0.5, 0.6) is 0 Å². The molecular formula is C13H11N3OS. The molecule has 0 saturated carbocycles. The van der Waals surface area contributed by atoms with Gasteiger partial charge in [-0.3, -0.25) is 4.79 Å². The fourth-order valence-electron chi connectivity index (χ4n) is 1.87. The van der Waals surface area contributed by atoms with Crippen LogP contribution in [0.4, 0.5) is 0 Å². The third-order valence-electron chi connectivity index (χ3n) is 2.76. The molecule has 4 nitrogen and oxygen atoms in total. The first-order valence-corrected chi connectivity index (χ1v) is 6.40. The molecule has 0 aliphatic heterocycles. The Hall–Kier alpha value is -2.01. The van der Waals surface area contributed by atoms with Gasteiger partial charge in [0.25, 0.3) is 5.56 Å².